The highest BCUT2D eigenvalue weighted by molar-refractivity contribution is 5.57. The minimum Gasteiger partial charge on any atom is -0.390 e. The first kappa shape index (κ1) is 7.68. The van der Waals surface area contributed by atoms with Gasteiger partial charge in [0.05, 0.1) is 6.34 Å². The molecule has 58 valence electrons. The van der Waals surface area contributed by atoms with Crippen molar-refractivity contribution in [1.82, 2.24) is 4.98 Å². The van der Waals surface area contributed by atoms with Crippen molar-refractivity contribution < 1.29 is 0 Å². The van der Waals surface area contributed by atoms with E-state index in [1.165, 1.54) is 6.34 Å². The van der Waals surface area contributed by atoms with Gasteiger partial charge in [-0.1, -0.05) is 0 Å². The summed E-state index contributed by atoms with van der Waals surface area (Å²) in [5.74, 6) is 0.593. The van der Waals surface area contributed by atoms with E-state index in [1.807, 2.05) is 6.07 Å². The third-order valence-electron chi connectivity index (χ3n) is 1.25. The van der Waals surface area contributed by atoms with E-state index in [4.69, 9.17) is 11.5 Å². The Morgan fingerprint density at radius 1 is 1.64 bits per heavy atom. The number of hydrogen-bond donors (Lipinski definition) is 2. The summed E-state index contributed by atoms with van der Waals surface area (Å²) in [7, 11) is 0. The van der Waals surface area contributed by atoms with Crippen LogP contribution in [0.15, 0.2) is 23.3 Å². The maximum absolute atomic E-state index is 5.40. The molecule has 1 aromatic rings. The van der Waals surface area contributed by atoms with Crippen LogP contribution in [0.1, 0.15) is 5.56 Å². The van der Waals surface area contributed by atoms with Crippen LogP contribution < -0.4 is 11.5 Å². The van der Waals surface area contributed by atoms with Gasteiger partial charge in [-0.05, 0) is 17.7 Å². The number of rotatable bonds is 2. The van der Waals surface area contributed by atoms with Crippen LogP contribution in [-0.2, 0) is 6.54 Å². The third kappa shape index (κ3) is 2.01. The lowest BCUT2D eigenvalue weighted by Crippen LogP contribution is -1.96. The average Bonchev–Trinajstić information content (AvgIpc) is 2.06. The quantitative estimate of drug-likeness (QED) is 0.465. The topological polar surface area (TPSA) is 77.3 Å². The molecule has 1 heterocycles. The molecular weight excluding hydrogens is 140 g/mol. The van der Waals surface area contributed by atoms with Crippen molar-refractivity contribution in [2.45, 2.75) is 6.54 Å². The SMILES string of the molecule is NC=Nc1cc(CN)ccn1. The minimum atomic E-state index is 0.496. The fourth-order valence-corrected chi connectivity index (χ4v) is 0.735. The van der Waals surface area contributed by atoms with Crippen LogP contribution in [0.25, 0.3) is 0 Å². The van der Waals surface area contributed by atoms with Crippen LogP contribution >= 0.6 is 0 Å². The number of nitrogens with two attached hydrogens (primary N) is 2. The Labute approximate surface area is 65.0 Å². The van der Waals surface area contributed by atoms with Crippen molar-refractivity contribution in [2.24, 2.45) is 16.5 Å². The predicted octanol–water partition coefficient (Wildman–Crippen LogP) is 0.159. The molecule has 0 aliphatic heterocycles. The van der Waals surface area contributed by atoms with Gasteiger partial charge in [-0.15, -0.1) is 0 Å². The highest BCUT2D eigenvalue weighted by atomic mass is 14.9. The summed E-state index contributed by atoms with van der Waals surface area (Å²) in [5, 5.41) is 0. The Hall–Kier alpha value is -1.42. The van der Waals surface area contributed by atoms with Crippen LogP contribution in [0.2, 0.25) is 0 Å². The first-order valence-corrected chi connectivity index (χ1v) is 3.26. The molecule has 0 aliphatic rings. The molecule has 4 N–H and O–H groups in total. The van der Waals surface area contributed by atoms with E-state index >= 15 is 0 Å². The number of aromatic nitrogens is 1. The molecule has 4 heteroatoms. The van der Waals surface area contributed by atoms with Crippen LogP contribution in [0.3, 0.4) is 0 Å². The van der Waals surface area contributed by atoms with E-state index in [0.29, 0.717) is 12.4 Å². The van der Waals surface area contributed by atoms with Crippen molar-refractivity contribution >= 4 is 12.2 Å². The molecule has 11 heavy (non-hydrogen) atoms. The molecule has 0 amide bonds. The van der Waals surface area contributed by atoms with Gasteiger partial charge >= 0.3 is 0 Å². The summed E-state index contributed by atoms with van der Waals surface area (Å²) < 4.78 is 0. The summed E-state index contributed by atoms with van der Waals surface area (Å²) in [6, 6.07) is 3.64. The van der Waals surface area contributed by atoms with Crippen molar-refractivity contribution in [3.63, 3.8) is 0 Å². The van der Waals surface area contributed by atoms with E-state index in [1.54, 1.807) is 12.3 Å². The summed E-state index contributed by atoms with van der Waals surface area (Å²) in [5.41, 5.74) is 11.5. The van der Waals surface area contributed by atoms with Crippen molar-refractivity contribution in [2.75, 3.05) is 0 Å². The average molecular weight is 150 g/mol. The van der Waals surface area contributed by atoms with Gasteiger partial charge in [0.2, 0.25) is 0 Å². The summed E-state index contributed by atoms with van der Waals surface area (Å²) in [6.45, 7) is 0.496. The molecule has 0 aliphatic carbocycles. The summed E-state index contributed by atoms with van der Waals surface area (Å²) >= 11 is 0. The van der Waals surface area contributed by atoms with Crippen LogP contribution in [0, 0.1) is 0 Å². The van der Waals surface area contributed by atoms with E-state index in [-0.39, 0.29) is 0 Å². The van der Waals surface area contributed by atoms with Gasteiger partial charge in [-0.3, -0.25) is 0 Å². The Bertz CT molecular complexity index is 256. The molecule has 0 radical (unpaired) electrons. The molecule has 0 aromatic carbocycles. The first-order valence-electron chi connectivity index (χ1n) is 3.26. The van der Waals surface area contributed by atoms with Gasteiger partial charge in [0.25, 0.3) is 0 Å². The molecule has 0 saturated heterocycles. The minimum absolute atomic E-state index is 0.496. The van der Waals surface area contributed by atoms with Crippen molar-refractivity contribution in [3.05, 3.63) is 23.9 Å². The third-order valence-corrected chi connectivity index (χ3v) is 1.25. The molecule has 0 fully saturated rings. The molecule has 0 saturated carbocycles. The molecule has 0 spiro atoms. The Kier molecular flexibility index (Phi) is 2.57. The van der Waals surface area contributed by atoms with Gasteiger partial charge in [0, 0.05) is 12.7 Å². The zero-order valence-corrected chi connectivity index (χ0v) is 6.07. The molecule has 0 bridgehead atoms. The normalized spacial score (nSPS) is 10.6. The molecular formula is C7H10N4. The van der Waals surface area contributed by atoms with Crippen LogP contribution in [-0.4, -0.2) is 11.3 Å². The number of aliphatic imine (C=N–C) groups is 1. The predicted molar refractivity (Wildman–Crippen MR) is 44.5 cm³/mol. The fourth-order valence-electron chi connectivity index (χ4n) is 0.735. The fraction of sp³-hybridized carbons (Fsp3) is 0.143. The molecule has 4 nitrogen and oxygen atoms in total. The number of hydrogen-bond acceptors (Lipinski definition) is 3. The Morgan fingerprint density at radius 2 is 2.45 bits per heavy atom. The monoisotopic (exact) mass is 150 g/mol. The Balaban J connectivity index is 2.91. The lowest BCUT2D eigenvalue weighted by molar-refractivity contribution is 1.06. The second kappa shape index (κ2) is 3.68. The van der Waals surface area contributed by atoms with E-state index < -0.39 is 0 Å². The zero-order chi connectivity index (χ0) is 8.10. The second-order valence-corrected chi connectivity index (χ2v) is 2.00. The highest BCUT2D eigenvalue weighted by Crippen LogP contribution is 2.07. The number of nitrogens with zero attached hydrogens (tertiary/aromatic N) is 2. The lowest BCUT2D eigenvalue weighted by atomic mass is 10.3. The molecule has 1 aromatic heterocycles. The first-order chi connectivity index (χ1) is 5.36. The smallest absolute Gasteiger partial charge is 0.153 e. The van der Waals surface area contributed by atoms with E-state index in [9.17, 15) is 0 Å². The van der Waals surface area contributed by atoms with Gasteiger partial charge in [0.15, 0.2) is 5.82 Å². The highest BCUT2D eigenvalue weighted by Gasteiger charge is 1.90. The van der Waals surface area contributed by atoms with Gasteiger partial charge in [0.1, 0.15) is 0 Å². The van der Waals surface area contributed by atoms with E-state index in [0.717, 1.165) is 5.56 Å². The Morgan fingerprint density at radius 3 is 3.09 bits per heavy atom. The standard InChI is InChI=1S/C7H10N4/c8-4-6-1-2-10-7(3-6)11-5-9/h1-3,5H,4,8H2,(H2,9,10,11). The number of pyridine rings is 1. The molecule has 0 unspecified atom stereocenters. The lowest BCUT2D eigenvalue weighted by Gasteiger charge is -1.95. The van der Waals surface area contributed by atoms with Gasteiger partial charge in [-0.2, -0.15) is 0 Å². The van der Waals surface area contributed by atoms with Crippen molar-refractivity contribution in [1.29, 1.82) is 0 Å². The zero-order valence-electron chi connectivity index (χ0n) is 6.07. The summed E-state index contributed by atoms with van der Waals surface area (Å²) in [6.07, 6.45) is 2.87. The summed E-state index contributed by atoms with van der Waals surface area (Å²) in [4.78, 5) is 7.74. The van der Waals surface area contributed by atoms with Gasteiger partial charge < -0.3 is 11.5 Å². The van der Waals surface area contributed by atoms with Crippen LogP contribution in [0.4, 0.5) is 5.82 Å². The second-order valence-electron chi connectivity index (χ2n) is 2.00. The van der Waals surface area contributed by atoms with E-state index in [2.05, 4.69) is 9.98 Å². The van der Waals surface area contributed by atoms with Crippen LogP contribution in [0.5, 0.6) is 0 Å². The maximum Gasteiger partial charge on any atom is 0.153 e. The largest absolute Gasteiger partial charge is 0.390 e. The maximum atomic E-state index is 5.40. The molecule has 0 atom stereocenters. The molecule has 1 rings (SSSR count). The van der Waals surface area contributed by atoms with Gasteiger partial charge in [-0.25, -0.2) is 9.98 Å². The van der Waals surface area contributed by atoms with Crippen molar-refractivity contribution in [3.8, 4) is 0 Å².